The van der Waals surface area contributed by atoms with Gasteiger partial charge in [-0.1, -0.05) is 103 Å². The molecule has 0 heterocycles. The Morgan fingerprint density at radius 2 is 0.963 bits per heavy atom. The van der Waals surface area contributed by atoms with Crippen LogP contribution in [0.4, 0.5) is 0 Å². The van der Waals surface area contributed by atoms with Gasteiger partial charge in [-0.25, -0.2) is 4.79 Å². The minimum absolute atomic E-state index is 0.197. The van der Waals surface area contributed by atoms with E-state index in [0.717, 1.165) is 19.3 Å². The quantitative estimate of drug-likeness (QED) is 0.126. The van der Waals surface area contributed by atoms with Crippen molar-refractivity contribution >= 4 is 11.8 Å². The van der Waals surface area contributed by atoms with Gasteiger partial charge in [-0.3, -0.25) is 4.79 Å². The second-order valence-electron chi connectivity index (χ2n) is 7.83. The number of ketones is 1. The van der Waals surface area contributed by atoms with E-state index in [1.807, 2.05) is 0 Å². The normalized spacial score (nSPS) is 11.3. The van der Waals surface area contributed by atoms with Crippen molar-refractivity contribution in [3.05, 3.63) is 12.2 Å². The number of unbranched alkanes of at least 4 members (excludes halogenated alkanes) is 16. The SMILES string of the molecule is CCCCCCCC/C=C\CCCCCCCCCCCCC(=O)C(=O)O. The van der Waals surface area contributed by atoms with Gasteiger partial charge in [0.05, 0.1) is 0 Å². The van der Waals surface area contributed by atoms with E-state index in [1.165, 1.54) is 96.3 Å². The highest BCUT2D eigenvalue weighted by Crippen LogP contribution is 2.13. The van der Waals surface area contributed by atoms with Crippen molar-refractivity contribution in [1.82, 2.24) is 0 Å². The molecule has 0 aromatic heterocycles. The first-order chi connectivity index (χ1) is 13.2. The standard InChI is InChI=1S/C24H44O3/c1-2-3-4-5-6-7-8-9-10-11-12-13-14-15-16-17-18-19-20-21-22-23(25)24(26)27/h9-10H,2-8,11-22H2,1H3,(H,26,27)/b10-9-. The van der Waals surface area contributed by atoms with Gasteiger partial charge in [-0.05, 0) is 32.1 Å². The second kappa shape index (κ2) is 21.2. The molecule has 1 N–H and O–H groups in total. The van der Waals surface area contributed by atoms with E-state index in [4.69, 9.17) is 5.11 Å². The highest BCUT2D eigenvalue weighted by Gasteiger charge is 2.09. The molecule has 0 rings (SSSR count). The number of hydrogen-bond acceptors (Lipinski definition) is 2. The molecule has 0 aromatic carbocycles. The molecule has 0 spiro atoms. The number of carboxylic acids is 1. The predicted octanol–water partition coefficient (Wildman–Crippen LogP) is 7.63. The summed E-state index contributed by atoms with van der Waals surface area (Å²) in [4.78, 5) is 21.3. The summed E-state index contributed by atoms with van der Waals surface area (Å²) >= 11 is 0. The molecule has 0 radical (unpaired) electrons. The number of Topliss-reactive ketones (excluding diaryl/α,β-unsaturated/α-hetero) is 1. The fourth-order valence-electron chi connectivity index (χ4n) is 3.35. The Hall–Kier alpha value is -1.12. The average molecular weight is 381 g/mol. The van der Waals surface area contributed by atoms with Gasteiger partial charge >= 0.3 is 5.97 Å². The Morgan fingerprint density at radius 3 is 1.37 bits per heavy atom. The van der Waals surface area contributed by atoms with E-state index in [0.29, 0.717) is 0 Å². The van der Waals surface area contributed by atoms with Crippen molar-refractivity contribution in [3.63, 3.8) is 0 Å². The zero-order chi connectivity index (χ0) is 20.0. The van der Waals surface area contributed by atoms with E-state index in [9.17, 15) is 9.59 Å². The summed E-state index contributed by atoms with van der Waals surface area (Å²) in [6.07, 6.45) is 27.7. The van der Waals surface area contributed by atoms with Crippen LogP contribution < -0.4 is 0 Å². The molecule has 3 nitrogen and oxygen atoms in total. The van der Waals surface area contributed by atoms with Crippen LogP contribution >= 0.6 is 0 Å². The summed E-state index contributed by atoms with van der Waals surface area (Å²) in [5.74, 6) is -1.93. The molecule has 0 unspecified atom stereocenters. The van der Waals surface area contributed by atoms with Gasteiger partial charge in [-0.2, -0.15) is 0 Å². The predicted molar refractivity (Wildman–Crippen MR) is 115 cm³/mol. The lowest BCUT2D eigenvalue weighted by atomic mass is 10.0. The maximum Gasteiger partial charge on any atom is 0.372 e. The topological polar surface area (TPSA) is 54.4 Å². The molecule has 0 aliphatic rings. The lowest BCUT2D eigenvalue weighted by Gasteiger charge is -2.02. The maximum absolute atomic E-state index is 10.9. The van der Waals surface area contributed by atoms with E-state index >= 15 is 0 Å². The smallest absolute Gasteiger partial charge is 0.372 e. The Bertz CT molecular complexity index is 374. The third kappa shape index (κ3) is 21.0. The van der Waals surface area contributed by atoms with E-state index in [2.05, 4.69) is 19.1 Å². The van der Waals surface area contributed by atoms with Gasteiger partial charge < -0.3 is 5.11 Å². The van der Waals surface area contributed by atoms with Gasteiger partial charge in [0.25, 0.3) is 0 Å². The number of allylic oxidation sites excluding steroid dienone is 2. The summed E-state index contributed by atoms with van der Waals surface area (Å²) in [6.45, 7) is 2.27. The number of rotatable bonds is 21. The molecule has 0 bridgehead atoms. The Labute approximate surface area is 168 Å². The van der Waals surface area contributed by atoms with Crippen LogP contribution in [0.1, 0.15) is 129 Å². The van der Waals surface area contributed by atoms with Crippen molar-refractivity contribution in [1.29, 1.82) is 0 Å². The van der Waals surface area contributed by atoms with E-state index in [-0.39, 0.29) is 6.42 Å². The molecular formula is C24H44O3. The Balaban J connectivity index is 3.13. The number of aliphatic carboxylic acids is 1. The zero-order valence-corrected chi connectivity index (χ0v) is 17.9. The third-order valence-corrected chi connectivity index (χ3v) is 5.15. The lowest BCUT2D eigenvalue weighted by Crippen LogP contribution is -2.11. The first-order valence-corrected chi connectivity index (χ1v) is 11.6. The molecule has 0 aromatic rings. The van der Waals surface area contributed by atoms with Gasteiger partial charge in [0, 0.05) is 6.42 Å². The molecule has 0 amide bonds. The van der Waals surface area contributed by atoms with Crippen LogP contribution in [0.3, 0.4) is 0 Å². The largest absolute Gasteiger partial charge is 0.476 e. The van der Waals surface area contributed by atoms with Crippen molar-refractivity contribution in [2.45, 2.75) is 129 Å². The molecule has 0 aliphatic heterocycles. The Morgan fingerprint density at radius 1 is 0.593 bits per heavy atom. The number of carbonyl (C=O) groups excluding carboxylic acids is 1. The number of carbonyl (C=O) groups is 2. The van der Waals surface area contributed by atoms with Crippen LogP contribution in [0, 0.1) is 0 Å². The summed E-state index contributed by atoms with van der Waals surface area (Å²) in [5.41, 5.74) is 0. The molecule has 0 atom stereocenters. The van der Waals surface area contributed by atoms with Crippen LogP contribution in [-0.2, 0) is 9.59 Å². The van der Waals surface area contributed by atoms with Crippen molar-refractivity contribution in [2.24, 2.45) is 0 Å². The average Bonchev–Trinajstić information content (AvgIpc) is 2.66. The van der Waals surface area contributed by atoms with Gasteiger partial charge in [0.1, 0.15) is 0 Å². The van der Waals surface area contributed by atoms with Crippen molar-refractivity contribution in [3.8, 4) is 0 Å². The first-order valence-electron chi connectivity index (χ1n) is 11.6. The number of hydrogen-bond donors (Lipinski definition) is 1. The molecule has 27 heavy (non-hydrogen) atoms. The van der Waals surface area contributed by atoms with Gasteiger partial charge in [0.2, 0.25) is 5.78 Å². The lowest BCUT2D eigenvalue weighted by molar-refractivity contribution is -0.149. The number of carboxylic acid groups (broad SMARTS) is 1. The van der Waals surface area contributed by atoms with Crippen LogP contribution in [0.15, 0.2) is 12.2 Å². The van der Waals surface area contributed by atoms with Gasteiger partial charge in [0.15, 0.2) is 0 Å². The van der Waals surface area contributed by atoms with E-state index < -0.39 is 11.8 Å². The molecule has 0 saturated carbocycles. The van der Waals surface area contributed by atoms with E-state index in [1.54, 1.807) is 0 Å². The molecule has 0 fully saturated rings. The Kier molecular flexibility index (Phi) is 20.3. The highest BCUT2D eigenvalue weighted by atomic mass is 16.4. The van der Waals surface area contributed by atoms with Gasteiger partial charge in [-0.15, -0.1) is 0 Å². The summed E-state index contributed by atoms with van der Waals surface area (Å²) in [7, 11) is 0. The first kappa shape index (κ1) is 25.9. The minimum atomic E-state index is -1.29. The van der Waals surface area contributed by atoms with Crippen LogP contribution in [0.2, 0.25) is 0 Å². The summed E-state index contributed by atoms with van der Waals surface area (Å²) in [6, 6.07) is 0. The van der Waals surface area contributed by atoms with Crippen LogP contribution in [-0.4, -0.2) is 16.9 Å². The third-order valence-electron chi connectivity index (χ3n) is 5.15. The zero-order valence-electron chi connectivity index (χ0n) is 17.9. The second-order valence-corrected chi connectivity index (χ2v) is 7.83. The van der Waals surface area contributed by atoms with Crippen LogP contribution in [0.25, 0.3) is 0 Å². The fraction of sp³-hybridized carbons (Fsp3) is 0.833. The fourth-order valence-corrected chi connectivity index (χ4v) is 3.35. The molecule has 0 saturated heterocycles. The molecule has 0 aliphatic carbocycles. The van der Waals surface area contributed by atoms with Crippen molar-refractivity contribution < 1.29 is 14.7 Å². The molecule has 158 valence electrons. The summed E-state index contributed by atoms with van der Waals surface area (Å²) in [5, 5.41) is 8.49. The molecule has 3 heteroatoms. The molecular weight excluding hydrogens is 336 g/mol. The maximum atomic E-state index is 10.9. The monoisotopic (exact) mass is 380 g/mol. The highest BCUT2D eigenvalue weighted by molar-refractivity contribution is 6.32. The minimum Gasteiger partial charge on any atom is -0.476 e. The van der Waals surface area contributed by atoms with Crippen molar-refractivity contribution in [2.75, 3.05) is 0 Å². The summed E-state index contributed by atoms with van der Waals surface area (Å²) < 4.78 is 0. The van der Waals surface area contributed by atoms with Crippen LogP contribution in [0.5, 0.6) is 0 Å².